The lowest BCUT2D eigenvalue weighted by atomic mass is 9.45. The minimum Gasteiger partial charge on any atom is -0.361 e. The number of hydrogen-bond acceptors (Lipinski definition) is 3. The summed E-state index contributed by atoms with van der Waals surface area (Å²) in [4.78, 5) is 0. The van der Waals surface area contributed by atoms with E-state index in [1.165, 1.54) is 12.8 Å². The van der Waals surface area contributed by atoms with Gasteiger partial charge in [0, 0.05) is 18.7 Å². The van der Waals surface area contributed by atoms with Crippen LogP contribution in [0.5, 0.6) is 0 Å². The van der Waals surface area contributed by atoms with Gasteiger partial charge in [-0.3, -0.25) is 0 Å². The first-order valence-corrected chi connectivity index (χ1v) is 7.14. The molecule has 0 spiro atoms. The number of nitrogens with one attached hydrogen (secondary N) is 1. The highest BCUT2D eigenvalue weighted by Crippen LogP contribution is 2.61. The van der Waals surface area contributed by atoms with E-state index in [0.29, 0.717) is 11.5 Å². The summed E-state index contributed by atoms with van der Waals surface area (Å²) < 4.78 is 5.10. The van der Waals surface area contributed by atoms with Crippen LogP contribution in [0, 0.1) is 30.1 Å². The summed E-state index contributed by atoms with van der Waals surface area (Å²) in [6, 6.07) is 2.67. The normalized spacial score (nSPS) is 37.3. The quantitative estimate of drug-likeness (QED) is 0.893. The van der Waals surface area contributed by atoms with E-state index in [9.17, 15) is 0 Å². The standard InChI is InChI=1S/C15H24N2O/c1-9-5-12(17-18-9)8-16-14-7-11-6-13(10(14)2)15(11,3)4/h5,10-11,13-14,16H,6-8H2,1-4H3/t10-,11+,13-,14?/m1/s1. The van der Waals surface area contributed by atoms with Gasteiger partial charge in [0.2, 0.25) is 0 Å². The molecule has 1 unspecified atom stereocenters. The molecular weight excluding hydrogens is 224 g/mol. The van der Waals surface area contributed by atoms with Crippen molar-refractivity contribution in [3.05, 3.63) is 17.5 Å². The van der Waals surface area contributed by atoms with Crippen LogP contribution < -0.4 is 5.32 Å². The second kappa shape index (κ2) is 4.09. The Labute approximate surface area is 109 Å². The first kappa shape index (κ1) is 12.2. The van der Waals surface area contributed by atoms with Crippen molar-refractivity contribution in [3.63, 3.8) is 0 Å². The highest BCUT2D eigenvalue weighted by molar-refractivity contribution is 5.08. The van der Waals surface area contributed by atoms with E-state index in [4.69, 9.17) is 4.52 Å². The molecule has 0 aromatic carbocycles. The molecule has 3 fully saturated rings. The number of aromatic nitrogens is 1. The van der Waals surface area contributed by atoms with Crippen LogP contribution in [-0.2, 0) is 6.54 Å². The van der Waals surface area contributed by atoms with Gasteiger partial charge in [-0.1, -0.05) is 25.9 Å². The van der Waals surface area contributed by atoms with Gasteiger partial charge in [-0.05, 0) is 42.9 Å². The molecule has 0 amide bonds. The van der Waals surface area contributed by atoms with E-state index in [-0.39, 0.29) is 0 Å². The molecule has 1 aromatic heterocycles. The smallest absolute Gasteiger partial charge is 0.133 e. The van der Waals surface area contributed by atoms with E-state index in [0.717, 1.165) is 35.8 Å². The molecule has 1 N–H and O–H groups in total. The molecule has 3 aliphatic rings. The second-order valence-corrected chi connectivity index (χ2v) is 6.87. The third kappa shape index (κ3) is 1.80. The minimum absolute atomic E-state index is 0.572. The molecule has 1 heterocycles. The lowest BCUT2D eigenvalue weighted by Crippen LogP contribution is -2.59. The van der Waals surface area contributed by atoms with Crippen LogP contribution in [0.15, 0.2) is 10.6 Å². The van der Waals surface area contributed by atoms with Crippen LogP contribution in [0.1, 0.15) is 45.1 Å². The van der Waals surface area contributed by atoms with Crippen molar-refractivity contribution < 1.29 is 4.52 Å². The Morgan fingerprint density at radius 2 is 2.22 bits per heavy atom. The Kier molecular flexibility index (Phi) is 2.77. The largest absolute Gasteiger partial charge is 0.361 e. The molecule has 0 radical (unpaired) electrons. The van der Waals surface area contributed by atoms with Gasteiger partial charge >= 0.3 is 0 Å². The molecular formula is C15H24N2O. The summed E-state index contributed by atoms with van der Waals surface area (Å²) in [7, 11) is 0. The van der Waals surface area contributed by atoms with Crippen LogP contribution >= 0.6 is 0 Å². The van der Waals surface area contributed by atoms with Crippen LogP contribution in [0.2, 0.25) is 0 Å². The maximum absolute atomic E-state index is 5.10. The fourth-order valence-corrected chi connectivity index (χ4v) is 4.16. The first-order valence-electron chi connectivity index (χ1n) is 7.14. The average Bonchev–Trinajstić information content (AvgIpc) is 2.73. The van der Waals surface area contributed by atoms with Crippen molar-refractivity contribution in [3.8, 4) is 0 Å². The maximum atomic E-state index is 5.10. The Hall–Kier alpha value is -0.830. The number of nitrogens with zero attached hydrogens (tertiary/aromatic N) is 1. The molecule has 4 rings (SSSR count). The van der Waals surface area contributed by atoms with Crippen molar-refractivity contribution in [1.82, 2.24) is 10.5 Å². The van der Waals surface area contributed by atoms with Gasteiger partial charge < -0.3 is 9.84 Å². The zero-order valence-corrected chi connectivity index (χ0v) is 11.9. The van der Waals surface area contributed by atoms with Gasteiger partial charge in [0.25, 0.3) is 0 Å². The highest BCUT2D eigenvalue weighted by atomic mass is 16.5. The Morgan fingerprint density at radius 3 is 2.78 bits per heavy atom. The molecule has 4 atom stereocenters. The zero-order valence-electron chi connectivity index (χ0n) is 11.9. The maximum Gasteiger partial charge on any atom is 0.133 e. The molecule has 3 nitrogen and oxygen atoms in total. The molecule has 18 heavy (non-hydrogen) atoms. The van der Waals surface area contributed by atoms with E-state index in [1.54, 1.807) is 0 Å². The Morgan fingerprint density at radius 1 is 1.44 bits per heavy atom. The summed E-state index contributed by atoms with van der Waals surface area (Å²) >= 11 is 0. The van der Waals surface area contributed by atoms with Gasteiger partial charge in [0.05, 0.1) is 5.69 Å². The van der Waals surface area contributed by atoms with Crippen LogP contribution in [0.3, 0.4) is 0 Å². The summed E-state index contributed by atoms with van der Waals surface area (Å²) in [6.07, 6.45) is 2.76. The topological polar surface area (TPSA) is 38.1 Å². The average molecular weight is 248 g/mol. The number of aryl methyl sites for hydroxylation is 1. The van der Waals surface area contributed by atoms with E-state index < -0.39 is 0 Å². The SMILES string of the molecule is Cc1cc(CNC2C[C@@H]3C[C@H]([C@H]2C)C3(C)C)no1. The third-order valence-corrected chi connectivity index (χ3v) is 5.58. The van der Waals surface area contributed by atoms with Gasteiger partial charge in [-0.25, -0.2) is 0 Å². The Balaban J connectivity index is 1.59. The van der Waals surface area contributed by atoms with Gasteiger partial charge in [-0.15, -0.1) is 0 Å². The van der Waals surface area contributed by atoms with E-state index in [2.05, 4.69) is 31.2 Å². The van der Waals surface area contributed by atoms with E-state index >= 15 is 0 Å². The predicted octanol–water partition coefficient (Wildman–Crippen LogP) is 3.14. The molecule has 0 aliphatic heterocycles. The molecule has 0 saturated heterocycles. The summed E-state index contributed by atoms with van der Waals surface area (Å²) in [5, 5.41) is 7.72. The lowest BCUT2D eigenvalue weighted by Gasteiger charge is -2.62. The molecule has 1 aromatic rings. The van der Waals surface area contributed by atoms with Crippen molar-refractivity contribution in [2.24, 2.45) is 23.2 Å². The summed E-state index contributed by atoms with van der Waals surface area (Å²) in [6.45, 7) is 10.1. The summed E-state index contributed by atoms with van der Waals surface area (Å²) in [5.41, 5.74) is 1.60. The lowest BCUT2D eigenvalue weighted by molar-refractivity contribution is -0.115. The van der Waals surface area contributed by atoms with Crippen LogP contribution in [0.4, 0.5) is 0 Å². The molecule has 100 valence electrons. The fraction of sp³-hybridized carbons (Fsp3) is 0.800. The van der Waals surface area contributed by atoms with Crippen molar-refractivity contribution in [2.45, 2.75) is 53.1 Å². The molecule has 3 aliphatic carbocycles. The Bertz CT molecular complexity index is 437. The van der Waals surface area contributed by atoms with Gasteiger partial charge in [0.1, 0.15) is 5.76 Å². The van der Waals surface area contributed by atoms with Crippen LogP contribution in [0.25, 0.3) is 0 Å². The van der Waals surface area contributed by atoms with Gasteiger partial charge in [-0.2, -0.15) is 0 Å². The van der Waals surface area contributed by atoms with E-state index in [1.807, 2.05) is 13.0 Å². The molecule has 3 saturated carbocycles. The van der Waals surface area contributed by atoms with Gasteiger partial charge in [0.15, 0.2) is 0 Å². The minimum atomic E-state index is 0.572. The van der Waals surface area contributed by atoms with Crippen molar-refractivity contribution >= 4 is 0 Å². The predicted molar refractivity (Wildman–Crippen MR) is 71.0 cm³/mol. The highest BCUT2D eigenvalue weighted by Gasteiger charge is 2.55. The second-order valence-electron chi connectivity index (χ2n) is 6.87. The van der Waals surface area contributed by atoms with Crippen molar-refractivity contribution in [1.29, 1.82) is 0 Å². The first-order chi connectivity index (χ1) is 8.48. The van der Waals surface area contributed by atoms with Crippen molar-refractivity contribution in [2.75, 3.05) is 0 Å². The number of hydrogen-bond donors (Lipinski definition) is 1. The third-order valence-electron chi connectivity index (χ3n) is 5.58. The number of rotatable bonds is 3. The fourth-order valence-electron chi connectivity index (χ4n) is 4.16. The molecule has 2 bridgehead atoms. The monoisotopic (exact) mass is 248 g/mol. The zero-order chi connectivity index (χ0) is 12.9. The number of fused-ring (bicyclic) bond motifs is 2. The molecule has 3 heteroatoms. The summed E-state index contributed by atoms with van der Waals surface area (Å²) in [5.74, 6) is 3.48. The van der Waals surface area contributed by atoms with Crippen LogP contribution in [-0.4, -0.2) is 11.2 Å².